The van der Waals surface area contributed by atoms with Crippen molar-refractivity contribution in [2.75, 3.05) is 26.2 Å². The fourth-order valence-corrected chi connectivity index (χ4v) is 4.32. The largest absolute Gasteiger partial charge is 0.314 e. The summed E-state index contributed by atoms with van der Waals surface area (Å²) >= 11 is 0. The van der Waals surface area contributed by atoms with Crippen LogP contribution < -0.4 is 5.32 Å². The van der Waals surface area contributed by atoms with Crippen molar-refractivity contribution < 1.29 is 0 Å². The highest BCUT2D eigenvalue weighted by Gasteiger charge is 2.31. The van der Waals surface area contributed by atoms with Crippen molar-refractivity contribution in [2.24, 2.45) is 5.92 Å². The minimum atomic E-state index is 0. The quantitative estimate of drug-likeness (QED) is 0.843. The third-order valence-corrected chi connectivity index (χ3v) is 5.39. The monoisotopic (exact) mass is 358 g/mol. The predicted molar refractivity (Wildman–Crippen MR) is 104 cm³/mol. The van der Waals surface area contributed by atoms with Gasteiger partial charge in [-0.25, -0.2) is 0 Å². The van der Waals surface area contributed by atoms with Gasteiger partial charge in [0.15, 0.2) is 0 Å². The highest BCUT2D eigenvalue weighted by molar-refractivity contribution is 5.85. The lowest BCUT2D eigenvalue weighted by Crippen LogP contribution is -2.47. The molecule has 1 heterocycles. The van der Waals surface area contributed by atoms with E-state index in [0.717, 1.165) is 19.0 Å². The van der Waals surface area contributed by atoms with Gasteiger partial charge in [0.25, 0.3) is 0 Å². The molecule has 1 aliphatic carbocycles. The fourth-order valence-electron chi connectivity index (χ4n) is 4.32. The Morgan fingerprint density at radius 3 is 2.26 bits per heavy atom. The second-order valence-electron chi connectivity index (χ2n) is 6.99. The van der Waals surface area contributed by atoms with Crippen LogP contribution in [0.2, 0.25) is 0 Å². The minimum absolute atomic E-state index is 0. The molecular weight excluding hydrogens is 327 g/mol. The van der Waals surface area contributed by atoms with E-state index in [1.54, 1.807) is 5.56 Å². The lowest BCUT2D eigenvalue weighted by Gasteiger charge is -2.42. The number of rotatable bonds is 3. The van der Waals surface area contributed by atoms with E-state index >= 15 is 0 Å². The highest BCUT2D eigenvalue weighted by atomic mass is 35.5. The Morgan fingerprint density at radius 2 is 1.65 bits per heavy atom. The summed E-state index contributed by atoms with van der Waals surface area (Å²) in [7, 11) is 0. The Bertz CT molecular complexity index is 448. The molecule has 132 valence electrons. The van der Waals surface area contributed by atoms with E-state index in [0.29, 0.717) is 6.04 Å². The van der Waals surface area contributed by atoms with Crippen molar-refractivity contribution >= 4 is 24.8 Å². The van der Waals surface area contributed by atoms with Crippen molar-refractivity contribution in [3.05, 3.63) is 34.9 Å². The zero-order valence-corrected chi connectivity index (χ0v) is 16.1. The summed E-state index contributed by atoms with van der Waals surface area (Å²) in [6.45, 7) is 9.21. The van der Waals surface area contributed by atoms with Crippen molar-refractivity contribution in [1.29, 1.82) is 0 Å². The van der Waals surface area contributed by atoms with Gasteiger partial charge in [-0.1, -0.05) is 43.0 Å². The summed E-state index contributed by atoms with van der Waals surface area (Å²) in [6, 6.07) is 7.73. The minimum Gasteiger partial charge on any atom is -0.314 e. The van der Waals surface area contributed by atoms with Crippen LogP contribution in [0.15, 0.2) is 18.2 Å². The Balaban J connectivity index is 0.00000132. The molecule has 1 aliphatic heterocycles. The zero-order valence-electron chi connectivity index (χ0n) is 14.5. The Hall–Kier alpha value is -0.280. The van der Waals surface area contributed by atoms with Crippen LogP contribution in [0.25, 0.3) is 0 Å². The van der Waals surface area contributed by atoms with Crippen LogP contribution in [0.4, 0.5) is 0 Å². The number of nitrogens with one attached hydrogen (secondary N) is 1. The first-order valence-corrected chi connectivity index (χ1v) is 8.77. The summed E-state index contributed by atoms with van der Waals surface area (Å²) in [4.78, 5) is 2.75. The molecule has 0 spiro atoms. The van der Waals surface area contributed by atoms with Crippen LogP contribution in [0.1, 0.15) is 54.8 Å². The molecule has 1 N–H and O–H groups in total. The summed E-state index contributed by atoms with van der Waals surface area (Å²) in [6.07, 6.45) is 7.14. The van der Waals surface area contributed by atoms with E-state index in [9.17, 15) is 0 Å². The van der Waals surface area contributed by atoms with E-state index < -0.39 is 0 Å². The van der Waals surface area contributed by atoms with Gasteiger partial charge in [0.2, 0.25) is 0 Å². The Morgan fingerprint density at radius 1 is 1.00 bits per heavy atom. The first kappa shape index (κ1) is 20.8. The summed E-state index contributed by atoms with van der Waals surface area (Å²) in [5.41, 5.74) is 4.47. The standard InChI is InChI=1S/C19H30N2.2ClH/c1-15-8-9-18(16(2)14-15)19(17-6-4-3-5-7-17)21-12-10-20-11-13-21;;/h8-9,14,17,19-20H,3-7,10-13H2,1-2H3;2*1H/t19-;;/m0../s1. The molecule has 1 aromatic carbocycles. The Labute approximate surface area is 154 Å². The van der Waals surface area contributed by atoms with Gasteiger partial charge in [-0.3, -0.25) is 4.90 Å². The molecule has 1 aromatic rings. The number of piperazine rings is 1. The summed E-state index contributed by atoms with van der Waals surface area (Å²) in [5.74, 6) is 0.859. The first-order chi connectivity index (χ1) is 10.3. The van der Waals surface area contributed by atoms with Gasteiger partial charge < -0.3 is 5.32 Å². The molecule has 0 aromatic heterocycles. The lowest BCUT2D eigenvalue weighted by atomic mass is 9.79. The molecule has 1 atom stereocenters. The lowest BCUT2D eigenvalue weighted by molar-refractivity contribution is 0.103. The molecule has 2 aliphatic rings. The van der Waals surface area contributed by atoms with E-state index in [1.807, 2.05) is 0 Å². The SMILES string of the molecule is Cc1ccc([C@H](C2CCCCC2)N2CCNCC2)c(C)c1.Cl.Cl. The Kier molecular flexibility index (Phi) is 8.92. The molecule has 0 radical (unpaired) electrons. The van der Waals surface area contributed by atoms with Crippen LogP contribution in [0.3, 0.4) is 0 Å². The molecule has 2 nitrogen and oxygen atoms in total. The van der Waals surface area contributed by atoms with Crippen LogP contribution in [0.5, 0.6) is 0 Å². The number of aryl methyl sites for hydroxylation is 2. The van der Waals surface area contributed by atoms with Gasteiger partial charge in [0.05, 0.1) is 0 Å². The van der Waals surface area contributed by atoms with Crippen molar-refractivity contribution in [3.8, 4) is 0 Å². The predicted octanol–water partition coefficient (Wildman–Crippen LogP) is 4.67. The number of hydrogen-bond donors (Lipinski definition) is 1. The number of nitrogens with zero attached hydrogens (tertiary/aromatic N) is 1. The molecule has 4 heteroatoms. The topological polar surface area (TPSA) is 15.3 Å². The third-order valence-electron chi connectivity index (χ3n) is 5.39. The second-order valence-corrected chi connectivity index (χ2v) is 6.99. The molecule has 3 rings (SSSR count). The molecule has 1 saturated carbocycles. The average Bonchev–Trinajstić information content (AvgIpc) is 2.52. The summed E-state index contributed by atoms with van der Waals surface area (Å²) in [5, 5.41) is 3.51. The van der Waals surface area contributed by atoms with E-state index in [-0.39, 0.29) is 24.8 Å². The van der Waals surface area contributed by atoms with Crippen LogP contribution in [-0.4, -0.2) is 31.1 Å². The smallest absolute Gasteiger partial charge is 0.0379 e. The molecule has 0 bridgehead atoms. The molecule has 0 unspecified atom stereocenters. The van der Waals surface area contributed by atoms with Crippen molar-refractivity contribution in [3.63, 3.8) is 0 Å². The van der Waals surface area contributed by atoms with Gasteiger partial charge in [-0.2, -0.15) is 0 Å². The van der Waals surface area contributed by atoms with Gasteiger partial charge in [-0.05, 0) is 43.7 Å². The van der Waals surface area contributed by atoms with Crippen molar-refractivity contribution in [1.82, 2.24) is 10.2 Å². The zero-order chi connectivity index (χ0) is 14.7. The van der Waals surface area contributed by atoms with Crippen LogP contribution in [0, 0.1) is 19.8 Å². The van der Waals surface area contributed by atoms with Gasteiger partial charge in [-0.15, -0.1) is 24.8 Å². The van der Waals surface area contributed by atoms with E-state index in [4.69, 9.17) is 0 Å². The molecule has 23 heavy (non-hydrogen) atoms. The maximum atomic E-state index is 3.51. The molecule has 1 saturated heterocycles. The number of hydrogen-bond acceptors (Lipinski definition) is 2. The average molecular weight is 359 g/mol. The maximum Gasteiger partial charge on any atom is 0.0379 e. The van der Waals surface area contributed by atoms with Crippen LogP contribution >= 0.6 is 24.8 Å². The number of halogens is 2. The first-order valence-electron chi connectivity index (χ1n) is 8.77. The second kappa shape index (κ2) is 9.88. The normalized spacial score (nSPS) is 21.1. The molecule has 0 amide bonds. The highest BCUT2D eigenvalue weighted by Crippen LogP contribution is 2.39. The van der Waals surface area contributed by atoms with Gasteiger partial charge in [0, 0.05) is 32.2 Å². The van der Waals surface area contributed by atoms with Gasteiger partial charge in [0.1, 0.15) is 0 Å². The van der Waals surface area contributed by atoms with Crippen molar-refractivity contribution in [2.45, 2.75) is 52.0 Å². The summed E-state index contributed by atoms with van der Waals surface area (Å²) < 4.78 is 0. The van der Waals surface area contributed by atoms with Crippen LogP contribution in [-0.2, 0) is 0 Å². The maximum absolute atomic E-state index is 3.51. The van der Waals surface area contributed by atoms with Gasteiger partial charge >= 0.3 is 0 Å². The number of benzene rings is 1. The third kappa shape index (κ3) is 5.09. The fraction of sp³-hybridized carbons (Fsp3) is 0.684. The van der Waals surface area contributed by atoms with E-state index in [2.05, 4.69) is 42.3 Å². The molecular formula is C19H32Cl2N2. The molecule has 2 fully saturated rings. The van der Waals surface area contributed by atoms with E-state index in [1.165, 1.54) is 56.3 Å².